The Morgan fingerprint density at radius 3 is 1.00 bits per heavy atom. The second-order valence-corrected chi connectivity index (χ2v) is 4.65. The van der Waals surface area contributed by atoms with Gasteiger partial charge >= 0.3 is 0 Å². The van der Waals surface area contributed by atoms with E-state index in [9.17, 15) is 5.21 Å². The molecule has 0 aromatic rings. The largest absolute Gasteiger partial charge is 0.313 e. The van der Waals surface area contributed by atoms with Crippen LogP contribution < -0.4 is 0 Å². The Labute approximate surface area is 63.8 Å². The van der Waals surface area contributed by atoms with Gasteiger partial charge in [-0.05, 0) is 41.5 Å². The van der Waals surface area contributed by atoms with Crippen molar-refractivity contribution in [2.45, 2.75) is 52.6 Å². The van der Waals surface area contributed by atoms with Crippen molar-refractivity contribution >= 4 is 0 Å². The fraction of sp³-hybridized carbons (Fsp3) is 1.00. The van der Waals surface area contributed by atoms with Gasteiger partial charge in [0.1, 0.15) is 0 Å². The number of rotatable bonds is 0. The Kier molecular flexibility index (Phi) is 2.49. The van der Waals surface area contributed by atoms with Crippen molar-refractivity contribution in [1.29, 1.82) is 0 Å². The van der Waals surface area contributed by atoms with Gasteiger partial charge in [-0.3, -0.25) is 0 Å². The molecule has 0 fully saturated rings. The van der Waals surface area contributed by atoms with Crippen LogP contribution in [0, 0.1) is 0 Å². The molecule has 0 unspecified atom stereocenters. The van der Waals surface area contributed by atoms with Crippen molar-refractivity contribution < 1.29 is 5.21 Å². The summed E-state index contributed by atoms with van der Waals surface area (Å²) < 4.78 is 0. The van der Waals surface area contributed by atoms with Crippen molar-refractivity contribution in [2.75, 3.05) is 0 Å². The zero-order valence-electron chi connectivity index (χ0n) is 7.89. The topological polar surface area (TPSA) is 23.5 Å². The molecule has 10 heavy (non-hydrogen) atoms. The first-order valence-corrected chi connectivity index (χ1v) is 3.65. The standard InChI is InChI=1S/C8H19NO/c1-7(2,3)9(10)8(4,5)6/h10H,1-6H3/i9+0. The molecule has 0 aliphatic rings. The predicted molar refractivity (Wildman–Crippen MR) is 43.1 cm³/mol. The third kappa shape index (κ3) is 2.67. The van der Waals surface area contributed by atoms with Crippen LogP contribution in [0.1, 0.15) is 41.5 Å². The lowest BCUT2D eigenvalue weighted by Gasteiger charge is -2.39. The predicted octanol–water partition coefficient (Wildman–Crippen LogP) is 2.27. The summed E-state index contributed by atoms with van der Waals surface area (Å²) in [7, 11) is 0. The van der Waals surface area contributed by atoms with E-state index in [2.05, 4.69) is 0 Å². The second kappa shape index (κ2) is 2.51. The van der Waals surface area contributed by atoms with Gasteiger partial charge in [-0.15, -0.1) is 0 Å². The van der Waals surface area contributed by atoms with Gasteiger partial charge in [-0.2, -0.15) is 5.06 Å². The van der Waals surface area contributed by atoms with E-state index < -0.39 is 0 Å². The maximum Gasteiger partial charge on any atom is 0.0382 e. The van der Waals surface area contributed by atoms with Gasteiger partial charge in [0.15, 0.2) is 0 Å². The van der Waals surface area contributed by atoms with Gasteiger partial charge in [-0.25, -0.2) is 0 Å². The summed E-state index contributed by atoms with van der Waals surface area (Å²) in [5, 5.41) is 10.9. The minimum atomic E-state index is -0.168. The molecule has 0 saturated carbocycles. The van der Waals surface area contributed by atoms with Crippen LogP contribution in [-0.2, 0) is 0 Å². The number of hydrogen-bond acceptors (Lipinski definition) is 2. The lowest BCUT2D eigenvalue weighted by molar-refractivity contribution is -0.212. The van der Waals surface area contributed by atoms with Crippen molar-refractivity contribution in [3.8, 4) is 0 Å². The summed E-state index contributed by atoms with van der Waals surface area (Å²) in [6, 6.07) is 0. The smallest absolute Gasteiger partial charge is 0.0382 e. The monoisotopic (exact) mass is 145 g/mol. The van der Waals surface area contributed by atoms with Crippen LogP contribution in [0.3, 0.4) is 0 Å². The maximum atomic E-state index is 9.56. The molecule has 0 rings (SSSR count). The highest BCUT2D eigenvalue weighted by atomic mass is 16.5. The summed E-state index contributed by atoms with van der Waals surface area (Å²) in [6.45, 7) is 11.9. The van der Waals surface area contributed by atoms with Gasteiger partial charge in [0.25, 0.3) is 0 Å². The van der Waals surface area contributed by atoms with Crippen LogP contribution in [-0.4, -0.2) is 21.3 Å². The van der Waals surface area contributed by atoms with Crippen molar-refractivity contribution in [1.82, 2.24) is 5.06 Å². The first-order chi connectivity index (χ1) is 4.15. The molecule has 0 aliphatic heterocycles. The quantitative estimate of drug-likeness (QED) is 0.528. The molecule has 0 aliphatic carbocycles. The third-order valence-electron chi connectivity index (χ3n) is 1.27. The summed E-state index contributed by atoms with van der Waals surface area (Å²) in [4.78, 5) is 0. The Bertz CT molecular complexity index is 93.4. The summed E-state index contributed by atoms with van der Waals surface area (Å²) in [5.74, 6) is 0. The highest BCUT2D eigenvalue weighted by Gasteiger charge is 2.29. The molecule has 0 bridgehead atoms. The van der Waals surface area contributed by atoms with Crippen molar-refractivity contribution in [2.24, 2.45) is 0 Å². The molecule has 0 heterocycles. The van der Waals surface area contributed by atoms with Crippen molar-refractivity contribution in [3.05, 3.63) is 0 Å². The van der Waals surface area contributed by atoms with Crippen molar-refractivity contribution in [3.63, 3.8) is 0 Å². The van der Waals surface area contributed by atoms with Crippen LogP contribution in [0.15, 0.2) is 0 Å². The minimum Gasteiger partial charge on any atom is -0.313 e. The molecule has 1 N–H and O–H groups in total. The Morgan fingerprint density at radius 1 is 0.800 bits per heavy atom. The number of hydroxylamine groups is 2. The first-order valence-electron chi connectivity index (χ1n) is 3.65. The Hall–Kier alpha value is -0.0800. The second-order valence-electron chi connectivity index (χ2n) is 4.65. The summed E-state index contributed by atoms with van der Waals surface area (Å²) >= 11 is 0. The van der Waals surface area contributed by atoms with E-state index in [0.29, 0.717) is 0 Å². The molecule has 0 aromatic heterocycles. The molecule has 62 valence electrons. The first kappa shape index (κ1) is 9.92. The molecule has 2 heteroatoms. The Balaban J connectivity index is 4.23. The lowest BCUT2D eigenvalue weighted by Crippen LogP contribution is -2.50. The summed E-state index contributed by atoms with van der Waals surface area (Å²) in [6.07, 6.45) is 0. The normalized spacial score (nSPS) is 14.4. The minimum absolute atomic E-state index is 0.168. The van der Waals surface area contributed by atoms with Crippen LogP contribution in [0.25, 0.3) is 0 Å². The average Bonchev–Trinajstić information content (AvgIpc) is 1.59. The molecule has 0 saturated heterocycles. The van der Waals surface area contributed by atoms with Crippen LogP contribution in [0.4, 0.5) is 0 Å². The number of hydrogen-bond donors (Lipinski definition) is 1. The van der Waals surface area contributed by atoms with E-state index in [0.717, 1.165) is 0 Å². The molecule has 0 spiro atoms. The van der Waals surface area contributed by atoms with Gasteiger partial charge in [-0.1, -0.05) is 0 Å². The van der Waals surface area contributed by atoms with E-state index in [1.165, 1.54) is 5.06 Å². The van der Waals surface area contributed by atoms with Gasteiger partial charge in [0.05, 0.1) is 0 Å². The fourth-order valence-electron chi connectivity index (χ4n) is 1.01. The molecule has 0 aromatic carbocycles. The third-order valence-corrected chi connectivity index (χ3v) is 1.27. The van der Waals surface area contributed by atoms with E-state index in [1.54, 1.807) is 0 Å². The molecule has 0 atom stereocenters. The zero-order valence-corrected chi connectivity index (χ0v) is 7.89. The fourth-order valence-corrected chi connectivity index (χ4v) is 1.01. The van der Waals surface area contributed by atoms with E-state index >= 15 is 0 Å². The molecular weight excluding hydrogens is 126 g/mol. The molecule has 2 nitrogen and oxygen atoms in total. The van der Waals surface area contributed by atoms with Crippen LogP contribution in [0.5, 0.6) is 0 Å². The van der Waals surface area contributed by atoms with Gasteiger partial charge in [0.2, 0.25) is 0 Å². The maximum absolute atomic E-state index is 9.56. The SMILES string of the molecule is CC(C)(C)[14N](O)C(C)(C)C. The zero-order chi connectivity index (χ0) is 8.58. The molecule has 0 radical (unpaired) electrons. The summed E-state index contributed by atoms with van der Waals surface area (Å²) in [5.41, 5.74) is -0.337. The highest BCUT2D eigenvalue weighted by Crippen LogP contribution is 2.20. The molecule has 0 amide bonds. The van der Waals surface area contributed by atoms with E-state index in [4.69, 9.17) is 0 Å². The van der Waals surface area contributed by atoms with Crippen LogP contribution in [0.2, 0.25) is 0 Å². The lowest BCUT2D eigenvalue weighted by atomic mass is 10.0. The van der Waals surface area contributed by atoms with Gasteiger partial charge < -0.3 is 5.21 Å². The Morgan fingerprint density at radius 2 is 1.00 bits per heavy atom. The van der Waals surface area contributed by atoms with E-state index in [1.807, 2.05) is 41.5 Å². The average molecular weight is 145 g/mol. The highest BCUT2D eigenvalue weighted by molar-refractivity contribution is 4.79. The van der Waals surface area contributed by atoms with Crippen LogP contribution >= 0.6 is 0 Å². The molecular formula is C8H19NO. The van der Waals surface area contributed by atoms with E-state index in [-0.39, 0.29) is 11.1 Å². The number of nitrogens with zero attached hydrogens (tertiary/aromatic N) is 1. The van der Waals surface area contributed by atoms with Gasteiger partial charge in [0, 0.05) is 11.1 Å².